The van der Waals surface area contributed by atoms with E-state index in [1.165, 1.54) is 0 Å². The van der Waals surface area contributed by atoms with Crippen LogP contribution in [0.3, 0.4) is 0 Å². The number of amides is 1. The maximum Gasteiger partial charge on any atom is 0.254 e. The zero-order valence-corrected chi connectivity index (χ0v) is 19.2. The summed E-state index contributed by atoms with van der Waals surface area (Å²) in [6.45, 7) is 3.07. The summed E-state index contributed by atoms with van der Waals surface area (Å²) in [6.07, 6.45) is 2.45. The molecule has 6 heteroatoms. The predicted molar refractivity (Wildman–Crippen MR) is 128 cm³/mol. The summed E-state index contributed by atoms with van der Waals surface area (Å²) in [5.41, 5.74) is 1.53. The molecule has 1 aliphatic rings. The van der Waals surface area contributed by atoms with Crippen LogP contribution in [0.1, 0.15) is 42.1 Å². The Hall–Kier alpha value is -2.86. The van der Waals surface area contributed by atoms with E-state index in [-0.39, 0.29) is 23.5 Å². The molecule has 0 aliphatic carbocycles. The molecule has 0 N–H and O–H groups in total. The number of fused-ring (bicyclic) bond motifs is 1. The van der Waals surface area contributed by atoms with Gasteiger partial charge in [-0.25, -0.2) is 8.42 Å². The molecule has 1 saturated heterocycles. The largest absolute Gasteiger partial charge is 0.494 e. The fourth-order valence-electron chi connectivity index (χ4n) is 4.22. The summed E-state index contributed by atoms with van der Waals surface area (Å²) in [4.78, 5) is 15.4. The summed E-state index contributed by atoms with van der Waals surface area (Å²) in [5.74, 6) is 0.627. The van der Waals surface area contributed by atoms with Gasteiger partial charge in [0, 0.05) is 18.2 Å². The lowest BCUT2D eigenvalue weighted by Crippen LogP contribution is -2.40. The number of carbonyl (C=O) groups excluding carboxylic acids is 1. The molecule has 0 radical (unpaired) electrons. The fraction of sp³-hybridized carbons (Fsp3) is 0.346. The van der Waals surface area contributed by atoms with Gasteiger partial charge in [0.15, 0.2) is 9.84 Å². The molecule has 1 unspecified atom stereocenters. The summed E-state index contributed by atoms with van der Waals surface area (Å²) < 4.78 is 30.2. The SMILES string of the molecule is CCCCOc1cccc(C(=O)N(Cc2cccc3ccccc23)C2CCS(=O)(=O)C2)c1. The van der Waals surface area contributed by atoms with Gasteiger partial charge in [-0.2, -0.15) is 0 Å². The Morgan fingerprint density at radius 1 is 1.06 bits per heavy atom. The van der Waals surface area contributed by atoms with Crippen molar-refractivity contribution >= 4 is 26.5 Å². The molecule has 32 heavy (non-hydrogen) atoms. The molecule has 0 aromatic heterocycles. The van der Waals surface area contributed by atoms with Crippen LogP contribution in [0.4, 0.5) is 0 Å². The minimum atomic E-state index is -3.13. The summed E-state index contributed by atoms with van der Waals surface area (Å²) in [7, 11) is -3.13. The van der Waals surface area contributed by atoms with Crippen LogP contribution in [-0.4, -0.2) is 43.4 Å². The van der Waals surface area contributed by atoms with Crippen LogP contribution in [0.2, 0.25) is 0 Å². The smallest absolute Gasteiger partial charge is 0.254 e. The molecule has 0 saturated carbocycles. The van der Waals surface area contributed by atoms with E-state index >= 15 is 0 Å². The Morgan fingerprint density at radius 2 is 1.84 bits per heavy atom. The third-order valence-electron chi connectivity index (χ3n) is 5.98. The van der Waals surface area contributed by atoms with E-state index < -0.39 is 9.84 Å². The lowest BCUT2D eigenvalue weighted by molar-refractivity contribution is 0.0681. The first-order valence-corrected chi connectivity index (χ1v) is 13.0. The highest BCUT2D eigenvalue weighted by Gasteiger charge is 2.35. The third-order valence-corrected chi connectivity index (χ3v) is 7.73. The van der Waals surface area contributed by atoms with Crippen molar-refractivity contribution in [2.24, 2.45) is 0 Å². The van der Waals surface area contributed by atoms with Gasteiger partial charge in [0.25, 0.3) is 5.91 Å². The molecule has 0 spiro atoms. The van der Waals surface area contributed by atoms with Crippen LogP contribution in [0.25, 0.3) is 10.8 Å². The number of unbranched alkanes of at least 4 members (excludes halogenated alkanes) is 1. The van der Waals surface area contributed by atoms with Crippen molar-refractivity contribution in [1.82, 2.24) is 4.90 Å². The van der Waals surface area contributed by atoms with Crippen molar-refractivity contribution in [1.29, 1.82) is 0 Å². The maximum absolute atomic E-state index is 13.6. The molecular weight excluding hydrogens is 422 g/mol. The van der Waals surface area contributed by atoms with Crippen molar-refractivity contribution < 1.29 is 17.9 Å². The molecule has 1 heterocycles. The van der Waals surface area contributed by atoms with E-state index in [2.05, 4.69) is 6.92 Å². The van der Waals surface area contributed by atoms with Crippen molar-refractivity contribution in [3.05, 3.63) is 77.9 Å². The highest BCUT2D eigenvalue weighted by atomic mass is 32.2. The van der Waals surface area contributed by atoms with Crippen LogP contribution < -0.4 is 4.74 Å². The number of carbonyl (C=O) groups is 1. The Morgan fingerprint density at radius 3 is 2.62 bits per heavy atom. The number of rotatable bonds is 8. The van der Waals surface area contributed by atoms with Gasteiger partial charge in [-0.3, -0.25) is 4.79 Å². The molecule has 1 fully saturated rings. The number of nitrogens with zero attached hydrogens (tertiary/aromatic N) is 1. The number of ether oxygens (including phenoxy) is 1. The molecule has 0 bridgehead atoms. The molecule has 1 amide bonds. The standard InChI is InChI=1S/C26H29NO4S/c1-2-3-15-31-24-12-7-10-21(17-24)26(28)27(23-14-16-32(29,30)19-23)18-22-11-6-9-20-8-4-5-13-25(20)22/h4-13,17,23H,2-3,14-16,18-19H2,1H3. The van der Waals surface area contributed by atoms with Crippen molar-refractivity contribution in [3.63, 3.8) is 0 Å². The first kappa shape index (κ1) is 22.3. The van der Waals surface area contributed by atoms with Crippen LogP contribution >= 0.6 is 0 Å². The zero-order valence-electron chi connectivity index (χ0n) is 18.4. The van der Waals surface area contributed by atoms with E-state index in [9.17, 15) is 13.2 Å². The molecule has 3 aromatic carbocycles. The second-order valence-electron chi connectivity index (χ2n) is 8.36. The Labute approximate surface area is 189 Å². The second kappa shape index (κ2) is 9.74. The Bertz CT molecular complexity index is 1200. The molecule has 1 atom stereocenters. The first-order valence-electron chi connectivity index (χ1n) is 11.2. The van der Waals surface area contributed by atoms with Gasteiger partial charge in [0.1, 0.15) is 5.75 Å². The molecule has 1 aliphatic heterocycles. The molecule has 168 valence electrons. The molecule has 5 nitrogen and oxygen atoms in total. The molecule has 3 aromatic rings. The predicted octanol–water partition coefficient (Wildman–Crippen LogP) is 4.85. The highest BCUT2D eigenvalue weighted by Crippen LogP contribution is 2.26. The van der Waals surface area contributed by atoms with E-state index in [0.29, 0.717) is 30.9 Å². The number of benzene rings is 3. The second-order valence-corrected chi connectivity index (χ2v) is 10.6. The van der Waals surface area contributed by atoms with Crippen molar-refractivity contribution in [2.75, 3.05) is 18.1 Å². The quantitative estimate of drug-likeness (QED) is 0.460. The van der Waals surface area contributed by atoms with Crippen LogP contribution in [0.15, 0.2) is 66.7 Å². The third kappa shape index (κ3) is 5.13. The minimum absolute atomic E-state index is 0.0101. The van der Waals surface area contributed by atoms with Crippen molar-refractivity contribution in [3.8, 4) is 5.75 Å². The highest BCUT2D eigenvalue weighted by molar-refractivity contribution is 7.91. The first-order chi connectivity index (χ1) is 15.5. The number of hydrogen-bond donors (Lipinski definition) is 0. The van der Waals surface area contributed by atoms with Gasteiger partial charge < -0.3 is 9.64 Å². The molecule has 4 rings (SSSR count). The van der Waals surface area contributed by atoms with E-state index in [4.69, 9.17) is 4.74 Å². The topological polar surface area (TPSA) is 63.7 Å². The summed E-state index contributed by atoms with van der Waals surface area (Å²) >= 11 is 0. The van der Waals surface area contributed by atoms with E-state index in [1.54, 1.807) is 17.0 Å². The van der Waals surface area contributed by atoms with Crippen LogP contribution in [0, 0.1) is 0 Å². The Balaban J connectivity index is 1.65. The maximum atomic E-state index is 13.6. The monoisotopic (exact) mass is 451 g/mol. The zero-order chi connectivity index (χ0) is 22.6. The average Bonchev–Trinajstić information content (AvgIpc) is 3.17. The van der Waals surface area contributed by atoms with Gasteiger partial charge in [0.2, 0.25) is 0 Å². The lowest BCUT2D eigenvalue weighted by atomic mass is 10.0. The summed E-state index contributed by atoms with van der Waals surface area (Å²) in [6, 6.07) is 21.0. The number of hydrogen-bond acceptors (Lipinski definition) is 4. The van der Waals surface area contributed by atoms with Crippen LogP contribution in [0.5, 0.6) is 5.75 Å². The van der Waals surface area contributed by atoms with Gasteiger partial charge in [-0.05, 0) is 47.4 Å². The summed E-state index contributed by atoms with van der Waals surface area (Å²) in [5, 5.41) is 2.17. The van der Waals surface area contributed by atoms with Gasteiger partial charge in [-0.15, -0.1) is 0 Å². The van der Waals surface area contributed by atoms with Gasteiger partial charge >= 0.3 is 0 Å². The molecular formula is C26H29NO4S. The van der Waals surface area contributed by atoms with Gasteiger partial charge in [-0.1, -0.05) is 61.9 Å². The average molecular weight is 452 g/mol. The Kier molecular flexibility index (Phi) is 6.80. The van der Waals surface area contributed by atoms with E-state index in [0.717, 1.165) is 29.2 Å². The lowest BCUT2D eigenvalue weighted by Gasteiger charge is -2.29. The van der Waals surface area contributed by atoms with E-state index in [1.807, 2.05) is 54.6 Å². The fourth-order valence-corrected chi connectivity index (χ4v) is 5.95. The normalized spacial score (nSPS) is 17.3. The van der Waals surface area contributed by atoms with Gasteiger partial charge in [0.05, 0.1) is 18.1 Å². The number of sulfone groups is 1. The van der Waals surface area contributed by atoms with Crippen LogP contribution in [-0.2, 0) is 16.4 Å². The van der Waals surface area contributed by atoms with Crippen molar-refractivity contribution in [2.45, 2.75) is 38.8 Å². The minimum Gasteiger partial charge on any atom is -0.494 e.